The molecule has 6 rings (SSSR count). The van der Waals surface area contributed by atoms with E-state index in [0.29, 0.717) is 35.3 Å². The van der Waals surface area contributed by atoms with Crippen LogP contribution in [0.15, 0.2) is 53.0 Å². The van der Waals surface area contributed by atoms with Crippen LogP contribution in [-0.4, -0.2) is 45.7 Å². The standard InChI is InChI=1S/C28H26BrNO7/c1-33-22-8-14(9-23(34-2)27(22)35-3)24-17-10-20-21(37-13-36-20)11-18(17)26(31)19-12-30(28(32)25(19)24)16-6-4-15(29)5-7-16/h4-11,19,24-26,31H,12-13H2,1-3H3/t19-,24-,25+,26+/m1/s1. The molecule has 37 heavy (non-hydrogen) atoms. The second-order valence-electron chi connectivity index (χ2n) is 9.33. The molecule has 4 atom stereocenters. The van der Waals surface area contributed by atoms with Crippen LogP contribution < -0.4 is 28.6 Å². The predicted octanol–water partition coefficient (Wildman–Crippen LogP) is 4.66. The summed E-state index contributed by atoms with van der Waals surface area (Å²) in [5.41, 5.74) is 3.16. The molecule has 1 saturated heterocycles. The maximum absolute atomic E-state index is 14.1. The zero-order valence-electron chi connectivity index (χ0n) is 20.6. The minimum absolute atomic E-state index is 0.0477. The number of carbonyl (C=O) groups is 1. The molecule has 192 valence electrons. The highest BCUT2D eigenvalue weighted by atomic mass is 79.9. The van der Waals surface area contributed by atoms with Crippen LogP contribution in [0.3, 0.4) is 0 Å². The van der Waals surface area contributed by atoms with E-state index in [1.165, 1.54) is 0 Å². The van der Waals surface area contributed by atoms with Crippen LogP contribution in [0.5, 0.6) is 28.7 Å². The first-order chi connectivity index (χ1) is 17.9. The molecule has 8 nitrogen and oxygen atoms in total. The molecule has 3 aromatic carbocycles. The fourth-order valence-corrected chi connectivity index (χ4v) is 6.17. The van der Waals surface area contributed by atoms with Crippen molar-refractivity contribution in [3.05, 3.63) is 69.7 Å². The van der Waals surface area contributed by atoms with Gasteiger partial charge in [-0.1, -0.05) is 15.9 Å². The van der Waals surface area contributed by atoms with Crippen molar-refractivity contribution >= 4 is 27.5 Å². The number of amides is 1. The van der Waals surface area contributed by atoms with Gasteiger partial charge in [-0.2, -0.15) is 0 Å². The van der Waals surface area contributed by atoms with E-state index < -0.39 is 12.0 Å². The van der Waals surface area contributed by atoms with E-state index in [2.05, 4.69) is 15.9 Å². The van der Waals surface area contributed by atoms with E-state index in [0.717, 1.165) is 26.9 Å². The lowest BCUT2D eigenvalue weighted by Gasteiger charge is -2.37. The number of halogens is 1. The molecule has 0 saturated carbocycles. The Hall–Kier alpha value is -3.43. The number of methoxy groups -OCH3 is 3. The number of fused-ring (bicyclic) bond motifs is 3. The minimum atomic E-state index is -0.850. The average Bonchev–Trinajstić information content (AvgIpc) is 3.52. The van der Waals surface area contributed by atoms with E-state index in [9.17, 15) is 9.90 Å². The lowest BCUT2D eigenvalue weighted by molar-refractivity contribution is -0.122. The molecule has 2 aliphatic heterocycles. The quantitative estimate of drug-likeness (QED) is 0.479. The molecule has 0 bridgehead atoms. The molecule has 2 heterocycles. The summed E-state index contributed by atoms with van der Waals surface area (Å²) in [4.78, 5) is 15.9. The van der Waals surface area contributed by atoms with Crippen LogP contribution in [0.1, 0.15) is 28.7 Å². The van der Waals surface area contributed by atoms with Gasteiger partial charge in [-0.15, -0.1) is 0 Å². The molecule has 1 amide bonds. The fourth-order valence-electron chi connectivity index (χ4n) is 5.91. The Morgan fingerprint density at radius 3 is 2.14 bits per heavy atom. The zero-order chi connectivity index (χ0) is 25.8. The maximum atomic E-state index is 14.1. The molecule has 3 aromatic rings. The summed E-state index contributed by atoms with van der Waals surface area (Å²) < 4.78 is 29.0. The van der Waals surface area contributed by atoms with E-state index in [1.54, 1.807) is 26.2 Å². The van der Waals surface area contributed by atoms with Crippen molar-refractivity contribution < 1.29 is 33.6 Å². The Bertz CT molecular complexity index is 1350. The summed E-state index contributed by atoms with van der Waals surface area (Å²) in [6.45, 7) is 0.507. The van der Waals surface area contributed by atoms with Crippen molar-refractivity contribution in [1.82, 2.24) is 0 Å². The molecule has 9 heteroatoms. The average molecular weight is 568 g/mol. The summed E-state index contributed by atoms with van der Waals surface area (Å²) in [7, 11) is 4.69. The van der Waals surface area contributed by atoms with Crippen LogP contribution in [0.25, 0.3) is 0 Å². The van der Waals surface area contributed by atoms with Gasteiger partial charge in [0.2, 0.25) is 18.4 Å². The predicted molar refractivity (Wildman–Crippen MR) is 139 cm³/mol. The molecule has 3 aliphatic rings. The van der Waals surface area contributed by atoms with Crippen molar-refractivity contribution in [2.24, 2.45) is 11.8 Å². The fraction of sp³-hybridized carbons (Fsp3) is 0.321. The highest BCUT2D eigenvalue weighted by Crippen LogP contribution is 2.56. The number of hydrogen-bond donors (Lipinski definition) is 1. The monoisotopic (exact) mass is 567 g/mol. The van der Waals surface area contributed by atoms with Gasteiger partial charge in [0.05, 0.1) is 33.4 Å². The number of anilines is 1. The van der Waals surface area contributed by atoms with Gasteiger partial charge in [0, 0.05) is 28.5 Å². The first-order valence-electron chi connectivity index (χ1n) is 11.9. The molecule has 1 fully saturated rings. The third kappa shape index (κ3) is 3.71. The van der Waals surface area contributed by atoms with Crippen LogP contribution in [-0.2, 0) is 4.79 Å². The van der Waals surface area contributed by atoms with Gasteiger partial charge < -0.3 is 33.7 Å². The first-order valence-corrected chi connectivity index (χ1v) is 12.7. The lowest BCUT2D eigenvalue weighted by Crippen LogP contribution is -2.35. The second-order valence-corrected chi connectivity index (χ2v) is 10.2. The molecule has 1 aliphatic carbocycles. The number of aliphatic hydroxyl groups is 1. The van der Waals surface area contributed by atoms with Gasteiger partial charge >= 0.3 is 0 Å². The Morgan fingerprint density at radius 2 is 1.54 bits per heavy atom. The molecular formula is C28H26BrNO7. The van der Waals surface area contributed by atoms with Crippen LogP contribution in [0, 0.1) is 11.8 Å². The Morgan fingerprint density at radius 1 is 0.919 bits per heavy atom. The molecule has 1 N–H and O–H groups in total. The number of carbonyl (C=O) groups excluding carboxylic acids is 1. The summed E-state index contributed by atoms with van der Waals surface area (Å²) in [5, 5.41) is 11.6. The first kappa shape index (κ1) is 23.9. The summed E-state index contributed by atoms with van der Waals surface area (Å²) in [6, 6.07) is 15.1. The highest BCUT2D eigenvalue weighted by Gasteiger charge is 2.53. The Kier molecular flexibility index (Phi) is 5.92. The van der Waals surface area contributed by atoms with Gasteiger partial charge in [-0.05, 0) is 65.2 Å². The molecular weight excluding hydrogens is 542 g/mol. The number of hydrogen-bond acceptors (Lipinski definition) is 7. The highest BCUT2D eigenvalue weighted by molar-refractivity contribution is 9.10. The normalized spacial score (nSPS) is 23.5. The van der Waals surface area contributed by atoms with Gasteiger partial charge in [0.1, 0.15) is 0 Å². The Labute approximate surface area is 222 Å². The van der Waals surface area contributed by atoms with E-state index >= 15 is 0 Å². The van der Waals surface area contributed by atoms with Crippen molar-refractivity contribution in [3.8, 4) is 28.7 Å². The maximum Gasteiger partial charge on any atom is 0.231 e. The number of aliphatic hydroxyl groups excluding tert-OH is 1. The van der Waals surface area contributed by atoms with Crippen LogP contribution in [0.2, 0.25) is 0 Å². The number of nitrogens with zero attached hydrogens (tertiary/aromatic N) is 1. The van der Waals surface area contributed by atoms with Crippen molar-refractivity contribution in [2.75, 3.05) is 39.6 Å². The second kappa shape index (κ2) is 9.15. The number of rotatable bonds is 5. The number of benzene rings is 3. The van der Waals surface area contributed by atoms with Crippen molar-refractivity contribution in [2.45, 2.75) is 12.0 Å². The SMILES string of the molecule is COc1cc([C@@H]2c3cc4c(cc3[C@H](O)[C@@H]3CN(c5ccc(Br)cc5)C(=O)[C@H]23)OCO4)cc(OC)c1OC. The van der Waals surface area contributed by atoms with Gasteiger partial charge in [-0.25, -0.2) is 0 Å². The van der Waals surface area contributed by atoms with Crippen LogP contribution >= 0.6 is 15.9 Å². The van der Waals surface area contributed by atoms with Gasteiger partial charge in [0.15, 0.2) is 23.0 Å². The third-order valence-corrected chi connectivity index (χ3v) is 8.12. The largest absolute Gasteiger partial charge is 0.493 e. The van der Waals surface area contributed by atoms with Crippen molar-refractivity contribution in [1.29, 1.82) is 0 Å². The van der Waals surface area contributed by atoms with E-state index in [-0.39, 0.29) is 24.5 Å². The molecule has 0 unspecified atom stereocenters. The topological polar surface area (TPSA) is 86.7 Å². The molecule has 0 aromatic heterocycles. The van der Waals surface area contributed by atoms with Gasteiger partial charge in [0.25, 0.3) is 0 Å². The zero-order valence-corrected chi connectivity index (χ0v) is 22.2. The van der Waals surface area contributed by atoms with Gasteiger partial charge in [-0.3, -0.25) is 4.79 Å². The summed E-state index contributed by atoms with van der Waals surface area (Å²) in [5.74, 6) is 1.36. The van der Waals surface area contributed by atoms with Crippen molar-refractivity contribution in [3.63, 3.8) is 0 Å². The minimum Gasteiger partial charge on any atom is -0.493 e. The lowest BCUT2D eigenvalue weighted by atomic mass is 9.66. The third-order valence-electron chi connectivity index (χ3n) is 7.59. The molecule has 0 radical (unpaired) electrons. The number of ether oxygens (including phenoxy) is 5. The Balaban J connectivity index is 1.54. The van der Waals surface area contributed by atoms with E-state index in [1.807, 2.05) is 48.5 Å². The summed E-state index contributed by atoms with van der Waals surface area (Å²) in [6.07, 6.45) is -0.850. The summed E-state index contributed by atoms with van der Waals surface area (Å²) >= 11 is 3.46. The van der Waals surface area contributed by atoms with Crippen LogP contribution in [0.4, 0.5) is 5.69 Å². The smallest absolute Gasteiger partial charge is 0.231 e. The molecule has 0 spiro atoms. The van der Waals surface area contributed by atoms with E-state index in [4.69, 9.17) is 23.7 Å².